The zero-order chi connectivity index (χ0) is 12.7. The van der Waals surface area contributed by atoms with Crippen LogP contribution in [-0.2, 0) is 0 Å². The Hall–Kier alpha value is -0.870. The van der Waals surface area contributed by atoms with Crippen LogP contribution in [0.15, 0.2) is 23.1 Å². The first-order valence-corrected chi connectivity index (χ1v) is 6.91. The average molecular weight is 255 g/mol. The molecule has 3 nitrogen and oxygen atoms in total. The molecule has 0 aliphatic heterocycles. The lowest BCUT2D eigenvalue weighted by atomic mass is 10.2. The van der Waals surface area contributed by atoms with Crippen LogP contribution in [0.4, 0.5) is 0 Å². The van der Waals surface area contributed by atoms with E-state index in [2.05, 4.69) is 6.92 Å². The van der Waals surface area contributed by atoms with Crippen molar-refractivity contribution in [3.8, 4) is 11.5 Å². The summed E-state index contributed by atoms with van der Waals surface area (Å²) in [6.07, 6.45) is 3.42. The Morgan fingerprint density at radius 1 is 1.47 bits per heavy atom. The second-order valence-electron chi connectivity index (χ2n) is 4.05. The maximum atomic E-state index is 9.63. The summed E-state index contributed by atoms with van der Waals surface area (Å²) in [5.41, 5.74) is 5.99. The molecule has 96 valence electrons. The third kappa shape index (κ3) is 4.88. The van der Waals surface area contributed by atoms with Crippen LogP contribution in [0.3, 0.4) is 0 Å². The number of phenols is 1. The van der Waals surface area contributed by atoms with E-state index in [-0.39, 0.29) is 11.8 Å². The summed E-state index contributed by atoms with van der Waals surface area (Å²) in [6.45, 7) is 2.17. The van der Waals surface area contributed by atoms with Gasteiger partial charge >= 0.3 is 0 Å². The predicted molar refractivity (Wildman–Crippen MR) is 72.9 cm³/mol. The number of thioether (sulfide) groups is 1. The number of unbranched alkanes of at least 4 members (excludes halogenated alkanes) is 1. The van der Waals surface area contributed by atoms with Gasteiger partial charge in [0.1, 0.15) is 0 Å². The summed E-state index contributed by atoms with van der Waals surface area (Å²) >= 11 is 1.67. The van der Waals surface area contributed by atoms with Crippen molar-refractivity contribution in [1.29, 1.82) is 0 Å². The number of hydrogen-bond acceptors (Lipinski definition) is 4. The monoisotopic (exact) mass is 255 g/mol. The number of hydrogen-bond donors (Lipinski definition) is 2. The molecule has 1 aromatic rings. The van der Waals surface area contributed by atoms with E-state index < -0.39 is 0 Å². The van der Waals surface area contributed by atoms with Crippen LogP contribution in [0.1, 0.15) is 26.2 Å². The summed E-state index contributed by atoms with van der Waals surface area (Å²) < 4.78 is 4.99. The molecule has 4 heteroatoms. The summed E-state index contributed by atoms with van der Waals surface area (Å²) in [6, 6.07) is 5.66. The Morgan fingerprint density at radius 3 is 2.82 bits per heavy atom. The van der Waals surface area contributed by atoms with E-state index >= 15 is 0 Å². The number of benzene rings is 1. The summed E-state index contributed by atoms with van der Waals surface area (Å²) in [4.78, 5) is 1.02. The molecule has 0 bridgehead atoms. The van der Waals surface area contributed by atoms with Gasteiger partial charge in [0.05, 0.1) is 7.11 Å². The van der Waals surface area contributed by atoms with Crippen molar-refractivity contribution in [2.45, 2.75) is 37.1 Å². The van der Waals surface area contributed by atoms with Crippen LogP contribution in [0.25, 0.3) is 0 Å². The number of phenolic OH excluding ortho intramolecular Hbond substituents is 1. The number of nitrogens with two attached hydrogens (primary N) is 1. The Morgan fingerprint density at radius 2 is 2.24 bits per heavy atom. The van der Waals surface area contributed by atoms with Crippen molar-refractivity contribution in [3.63, 3.8) is 0 Å². The van der Waals surface area contributed by atoms with Crippen LogP contribution in [-0.4, -0.2) is 24.0 Å². The van der Waals surface area contributed by atoms with Crippen molar-refractivity contribution in [1.82, 2.24) is 0 Å². The Kier molecular flexibility index (Phi) is 6.22. The zero-order valence-corrected chi connectivity index (χ0v) is 11.3. The van der Waals surface area contributed by atoms with Crippen LogP contribution in [0.5, 0.6) is 11.5 Å². The Labute approximate surface area is 107 Å². The SMILES string of the molecule is CCCC[C@@H](N)CSc1ccc(OC)c(O)c1. The van der Waals surface area contributed by atoms with Crippen LogP contribution >= 0.6 is 11.8 Å². The third-order valence-corrected chi connectivity index (χ3v) is 3.72. The van der Waals surface area contributed by atoms with Gasteiger partial charge in [0.2, 0.25) is 0 Å². The van der Waals surface area contributed by atoms with Crippen molar-refractivity contribution < 1.29 is 9.84 Å². The van der Waals surface area contributed by atoms with Gasteiger partial charge in [0.25, 0.3) is 0 Å². The molecule has 0 aromatic heterocycles. The van der Waals surface area contributed by atoms with E-state index in [1.54, 1.807) is 31.0 Å². The number of rotatable bonds is 7. The highest BCUT2D eigenvalue weighted by Gasteiger charge is 2.06. The lowest BCUT2D eigenvalue weighted by Gasteiger charge is -2.11. The highest BCUT2D eigenvalue weighted by Crippen LogP contribution is 2.31. The molecule has 0 amide bonds. The largest absolute Gasteiger partial charge is 0.504 e. The van der Waals surface area contributed by atoms with Crippen molar-refractivity contribution >= 4 is 11.8 Å². The summed E-state index contributed by atoms with van der Waals surface area (Å²) in [7, 11) is 1.54. The van der Waals surface area contributed by atoms with E-state index in [0.29, 0.717) is 5.75 Å². The lowest BCUT2D eigenvalue weighted by Crippen LogP contribution is -2.22. The maximum absolute atomic E-state index is 9.63. The number of methoxy groups -OCH3 is 1. The van der Waals surface area contributed by atoms with Crippen LogP contribution in [0.2, 0.25) is 0 Å². The van der Waals surface area contributed by atoms with Gasteiger partial charge in [-0.1, -0.05) is 19.8 Å². The molecule has 0 radical (unpaired) electrons. The topological polar surface area (TPSA) is 55.5 Å². The van der Waals surface area contributed by atoms with Gasteiger partial charge < -0.3 is 15.6 Å². The fourth-order valence-electron chi connectivity index (χ4n) is 1.51. The molecule has 0 aliphatic rings. The smallest absolute Gasteiger partial charge is 0.160 e. The molecule has 0 spiro atoms. The first-order chi connectivity index (χ1) is 8.17. The van der Waals surface area contributed by atoms with E-state index in [1.807, 2.05) is 6.07 Å². The first kappa shape index (κ1) is 14.2. The molecular weight excluding hydrogens is 234 g/mol. The van der Waals surface area contributed by atoms with Crippen LogP contribution in [0, 0.1) is 0 Å². The van der Waals surface area contributed by atoms with Gasteiger partial charge in [-0.3, -0.25) is 0 Å². The molecule has 0 fully saturated rings. The minimum atomic E-state index is 0.180. The number of aromatic hydroxyl groups is 1. The van der Waals surface area contributed by atoms with Crippen molar-refractivity contribution in [2.75, 3.05) is 12.9 Å². The third-order valence-electron chi connectivity index (χ3n) is 2.54. The molecule has 0 heterocycles. The minimum Gasteiger partial charge on any atom is -0.504 e. The Bertz CT molecular complexity index is 344. The van der Waals surface area contributed by atoms with Crippen LogP contribution < -0.4 is 10.5 Å². The average Bonchev–Trinajstić information content (AvgIpc) is 2.34. The molecule has 3 N–H and O–H groups in total. The molecule has 1 aromatic carbocycles. The standard InChI is InChI=1S/C13H21NO2S/c1-3-4-5-10(14)9-17-11-6-7-13(16-2)12(15)8-11/h6-8,10,15H,3-5,9,14H2,1-2H3/t10-/m1/s1. The molecular formula is C13H21NO2S. The van der Waals surface area contributed by atoms with Gasteiger partial charge in [-0.05, 0) is 24.6 Å². The molecule has 0 saturated heterocycles. The number of ether oxygens (including phenoxy) is 1. The van der Waals surface area contributed by atoms with Gasteiger partial charge in [0.15, 0.2) is 11.5 Å². The highest BCUT2D eigenvalue weighted by molar-refractivity contribution is 7.99. The predicted octanol–water partition coefficient (Wildman–Crippen LogP) is 3.01. The fraction of sp³-hybridized carbons (Fsp3) is 0.538. The maximum Gasteiger partial charge on any atom is 0.160 e. The van der Waals surface area contributed by atoms with E-state index in [1.165, 1.54) is 12.8 Å². The normalized spacial score (nSPS) is 12.4. The van der Waals surface area contributed by atoms with Gasteiger partial charge in [-0.2, -0.15) is 0 Å². The first-order valence-electron chi connectivity index (χ1n) is 5.92. The van der Waals surface area contributed by atoms with E-state index in [9.17, 15) is 5.11 Å². The summed E-state index contributed by atoms with van der Waals surface area (Å²) in [5.74, 6) is 1.57. The van der Waals surface area contributed by atoms with Gasteiger partial charge in [-0.15, -0.1) is 11.8 Å². The molecule has 0 unspecified atom stereocenters. The van der Waals surface area contributed by atoms with E-state index in [4.69, 9.17) is 10.5 Å². The van der Waals surface area contributed by atoms with Crippen molar-refractivity contribution in [3.05, 3.63) is 18.2 Å². The van der Waals surface area contributed by atoms with Gasteiger partial charge in [-0.25, -0.2) is 0 Å². The van der Waals surface area contributed by atoms with Crippen molar-refractivity contribution in [2.24, 2.45) is 5.73 Å². The van der Waals surface area contributed by atoms with E-state index in [0.717, 1.165) is 17.1 Å². The summed E-state index contributed by atoms with van der Waals surface area (Å²) in [5, 5.41) is 9.63. The molecule has 0 aliphatic carbocycles. The second-order valence-corrected chi connectivity index (χ2v) is 5.14. The highest BCUT2D eigenvalue weighted by atomic mass is 32.2. The van der Waals surface area contributed by atoms with Gasteiger partial charge in [0, 0.05) is 16.7 Å². The molecule has 17 heavy (non-hydrogen) atoms. The minimum absolute atomic E-state index is 0.180. The second kappa shape index (κ2) is 7.45. The lowest BCUT2D eigenvalue weighted by molar-refractivity contribution is 0.372. The zero-order valence-electron chi connectivity index (χ0n) is 10.5. The molecule has 0 saturated carbocycles. The Balaban J connectivity index is 2.44. The molecule has 1 rings (SSSR count). The fourth-order valence-corrected chi connectivity index (χ4v) is 2.44. The quantitative estimate of drug-likeness (QED) is 0.735. The molecule has 1 atom stereocenters.